The van der Waals surface area contributed by atoms with E-state index in [1.165, 1.54) is 6.92 Å². The fraction of sp³-hybridized carbons (Fsp3) is 0.250. The summed E-state index contributed by atoms with van der Waals surface area (Å²) in [6, 6.07) is 5.28. The third-order valence-electron chi connectivity index (χ3n) is 2.82. The summed E-state index contributed by atoms with van der Waals surface area (Å²) in [5.74, 6) is 0.0393. The van der Waals surface area contributed by atoms with Crippen molar-refractivity contribution in [1.82, 2.24) is 15.5 Å². The Morgan fingerprint density at radius 1 is 1.44 bits per heavy atom. The van der Waals surface area contributed by atoms with Gasteiger partial charge in [-0.25, -0.2) is 4.39 Å². The van der Waals surface area contributed by atoms with Crippen molar-refractivity contribution in [3.8, 4) is 11.5 Å². The summed E-state index contributed by atoms with van der Waals surface area (Å²) in [5.41, 5.74) is 2.15. The molecular formula is C12H10FN3O2. The molecule has 92 valence electrons. The number of benzene rings is 1. The van der Waals surface area contributed by atoms with Crippen LogP contribution >= 0.6 is 0 Å². The normalized spacial score (nSPS) is 15.3. The molecule has 18 heavy (non-hydrogen) atoms. The molecule has 0 fully saturated rings. The summed E-state index contributed by atoms with van der Waals surface area (Å²) in [5, 5.41) is 10.1. The Hall–Kier alpha value is -2.24. The van der Waals surface area contributed by atoms with E-state index in [0.717, 1.165) is 5.56 Å². The number of nitrogens with zero attached hydrogens (tertiary/aromatic N) is 2. The summed E-state index contributed by atoms with van der Waals surface area (Å²) in [6.45, 7) is 1.86. The quantitative estimate of drug-likeness (QED) is 0.881. The number of aromatic nitrogens is 2. The molecule has 2 heterocycles. The van der Waals surface area contributed by atoms with Gasteiger partial charge in [0.25, 0.3) is 11.8 Å². The molecule has 0 spiro atoms. The van der Waals surface area contributed by atoms with Gasteiger partial charge in [0.2, 0.25) is 5.89 Å². The highest BCUT2D eigenvalue weighted by Gasteiger charge is 2.21. The van der Waals surface area contributed by atoms with Gasteiger partial charge in [-0.2, -0.15) is 0 Å². The van der Waals surface area contributed by atoms with Crippen LogP contribution in [0.25, 0.3) is 11.5 Å². The molecule has 1 aromatic heterocycles. The zero-order valence-corrected chi connectivity index (χ0v) is 9.61. The summed E-state index contributed by atoms with van der Waals surface area (Å²) in [6.07, 6.45) is -1.30. The Kier molecular flexibility index (Phi) is 2.36. The summed E-state index contributed by atoms with van der Waals surface area (Å²) < 4.78 is 18.2. The molecule has 0 saturated heterocycles. The van der Waals surface area contributed by atoms with E-state index in [4.69, 9.17) is 4.42 Å². The first-order valence-electron chi connectivity index (χ1n) is 5.54. The van der Waals surface area contributed by atoms with Crippen molar-refractivity contribution in [2.75, 3.05) is 0 Å². The lowest BCUT2D eigenvalue weighted by Gasteiger charge is -1.98. The predicted octanol–water partition coefficient (Wildman–Crippen LogP) is 2.01. The van der Waals surface area contributed by atoms with Gasteiger partial charge >= 0.3 is 0 Å². The molecule has 1 unspecified atom stereocenters. The van der Waals surface area contributed by atoms with Crippen LogP contribution in [0.15, 0.2) is 22.6 Å². The molecule has 1 atom stereocenters. The Morgan fingerprint density at radius 2 is 2.28 bits per heavy atom. The average Bonchev–Trinajstić information content (AvgIpc) is 2.96. The standard InChI is InChI=1S/C12H10FN3O2/c1-6(13)11-15-16-12(18-11)7-2-3-8-5-14-10(17)9(8)4-7/h2-4,6H,5H2,1H3,(H,14,17). The number of nitrogens with one attached hydrogen (secondary N) is 1. The average molecular weight is 247 g/mol. The van der Waals surface area contributed by atoms with E-state index in [1.54, 1.807) is 12.1 Å². The highest BCUT2D eigenvalue weighted by atomic mass is 19.1. The fourth-order valence-corrected chi connectivity index (χ4v) is 1.86. The van der Waals surface area contributed by atoms with Crippen molar-refractivity contribution >= 4 is 5.91 Å². The van der Waals surface area contributed by atoms with Crippen LogP contribution in [0.4, 0.5) is 4.39 Å². The summed E-state index contributed by atoms with van der Waals surface area (Å²) in [7, 11) is 0. The van der Waals surface area contributed by atoms with Gasteiger partial charge in [0.05, 0.1) is 0 Å². The number of hydrogen-bond donors (Lipinski definition) is 1. The Morgan fingerprint density at radius 3 is 3.00 bits per heavy atom. The number of rotatable bonds is 2. The second-order valence-corrected chi connectivity index (χ2v) is 4.12. The van der Waals surface area contributed by atoms with E-state index in [2.05, 4.69) is 15.5 Å². The lowest BCUT2D eigenvalue weighted by Crippen LogP contribution is -2.12. The van der Waals surface area contributed by atoms with Gasteiger partial charge in [-0.15, -0.1) is 10.2 Å². The summed E-state index contributed by atoms with van der Waals surface area (Å²) in [4.78, 5) is 11.5. The van der Waals surface area contributed by atoms with Crippen LogP contribution < -0.4 is 5.32 Å². The molecule has 5 nitrogen and oxygen atoms in total. The second-order valence-electron chi connectivity index (χ2n) is 4.12. The van der Waals surface area contributed by atoms with Crippen LogP contribution in [0.2, 0.25) is 0 Å². The SMILES string of the molecule is CC(F)c1nnc(-c2ccc3c(c2)C(=O)NC3)o1. The van der Waals surface area contributed by atoms with E-state index < -0.39 is 6.17 Å². The Labute approximate surface area is 102 Å². The van der Waals surface area contributed by atoms with Crippen molar-refractivity contribution < 1.29 is 13.6 Å². The minimum absolute atomic E-state index is 0.0602. The van der Waals surface area contributed by atoms with Crippen LogP contribution in [0.1, 0.15) is 34.9 Å². The second kappa shape index (κ2) is 3.90. The summed E-state index contributed by atoms with van der Waals surface area (Å²) >= 11 is 0. The molecule has 0 radical (unpaired) electrons. The zero-order chi connectivity index (χ0) is 12.7. The Bertz CT molecular complexity index is 622. The molecule has 2 aromatic rings. The van der Waals surface area contributed by atoms with Crippen LogP contribution in [-0.4, -0.2) is 16.1 Å². The Balaban J connectivity index is 2.02. The molecule has 3 rings (SSSR count). The molecule has 1 N–H and O–H groups in total. The highest BCUT2D eigenvalue weighted by Crippen LogP contribution is 2.25. The van der Waals surface area contributed by atoms with Gasteiger partial charge in [0.15, 0.2) is 6.17 Å². The molecular weight excluding hydrogens is 237 g/mol. The van der Waals surface area contributed by atoms with E-state index in [9.17, 15) is 9.18 Å². The van der Waals surface area contributed by atoms with E-state index in [1.807, 2.05) is 6.07 Å². The molecule has 1 aromatic carbocycles. The number of halogens is 1. The van der Waals surface area contributed by atoms with Gasteiger partial charge in [-0.1, -0.05) is 6.07 Å². The van der Waals surface area contributed by atoms with Gasteiger partial charge in [0.1, 0.15) is 0 Å². The number of fused-ring (bicyclic) bond motifs is 1. The molecule has 0 saturated carbocycles. The van der Waals surface area contributed by atoms with E-state index >= 15 is 0 Å². The maximum absolute atomic E-state index is 13.0. The monoisotopic (exact) mass is 247 g/mol. The lowest BCUT2D eigenvalue weighted by atomic mass is 10.1. The van der Waals surface area contributed by atoms with Crippen LogP contribution in [-0.2, 0) is 6.54 Å². The maximum atomic E-state index is 13.0. The molecule has 1 amide bonds. The molecule has 6 heteroatoms. The minimum atomic E-state index is -1.30. The van der Waals surface area contributed by atoms with E-state index in [0.29, 0.717) is 17.7 Å². The van der Waals surface area contributed by atoms with E-state index in [-0.39, 0.29) is 17.7 Å². The maximum Gasteiger partial charge on any atom is 0.251 e. The number of carbonyl (C=O) groups is 1. The third kappa shape index (κ3) is 1.66. The first-order chi connectivity index (χ1) is 8.65. The van der Waals surface area contributed by atoms with Crippen molar-refractivity contribution in [2.45, 2.75) is 19.6 Å². The largest absolute Gasteiger partial charge is 0.418 e. The van der Waals surface area contributed by atoms with Crippen molar-refractivity contribution in [3.63, 3.8) is 0 Å². The molecule has 1 aliphatic heterocycles. The predicted molar refractivity (Wildman–Crippen MR) is 60.4 cm³/mol. The first-order valence-corrected chi connectivity index (χ1v) is 5.54. The number of carbonyl (C=O) groups excluding carboxylic acids is 1. The lowest BCUT2D eigenvalue weighted by molar-refractivity contribution is 0.0966. The molecule has 1 aliphatic rings. The van der Waals surface area contributed by atoms with Crippen LogP contribution in [0, 0.1) is 0 Å². The zero-order valence-electron chi connectivity index (χ0n) is 9.61. The highest BCUT2D eigenvalue weighted by molar-refractivity contribution is 5.99. The van der Waals surface area contributed by atoms with Crippen molar-refractivity contribution in [1.29, 1.82) is 0 Å². The van der Waals surface area contributed by atoms with Crippen LogP contribution in [0.3, 0.4) is 0 Å². The van der Waals surface area contributed by atoms with Crippen LogP contribution in [0.5, 0.6) is 0 Å². The van der Waals surface area contributed by atoms with Crippen molar-refractivity contribution in [3.05, 3.63) is 35.2 Å². The van der Waals surface area contributed by atoms with Crippen molar-refractivity contribution in [2.24, 2.45) is 0 Å². The fourth-order valence-electron chi connectivity index (χ4n) is 1.86. The third-order valence-corrected chi connectivity index (χ3v) is 2.82. The first kappa shape index (κ1) is 10.9. The molecule has 0 aliphatic carbocycles. The van der Waals surface area contributed by atoms with Gasteiger partial charge in [-0.05, 0) is 24.6 Å². The number of hydrogen-bond acceptors (Lipinski definition) is 4. The minimum Gasteiger partial charge on any atom is -0.418 e. The van der Waals surface area contributed by atoms with Gasteiger partial charge in [0, 0.05) is 17.7 Å². The topological polar surface area (TPSA) is 68.0 Å². The smallest absolute Gasteiger partial charge is 0.251 e. The number of alkyl halides is 1. The van der Waals surface area contributed by atoms with Gasteiger partial charge in [-0.3, -0.25) is 4.79 Å². The number of amides is 1. The van der Waals surface area contributed by atoms with Gasteiger partial charge < -0.3 is 9.73 Å². The molecule has 0 bridgehead atoms.